The van der Waals surface area contributed by atoms with Crippen molar-refractivity contribution < 1.29 is 9.26 Å². The fourth-order valence-electron chi connectivity index (χ4n) is 3.93. The summed E-state index contributed by atoms with van der Waals surface area (Å²) >= 11 is 0. The molecule has 26 heavy (non-hydrogen) atoms. The lowest BCUT2D eigenvalue weighted by Crippen LogP contribution is -2.58. The number of aromatic nitrogens is 2. The van der Waals surface area contributed by atoms with E-state index in [-0.39, 0.29) is 17.6 Å². The molecule has 0 saturated carbocycles. The Labute approximate surface area is 152 Å². The van der Waals surface area contributed by atoms with Crippen LogP contribution in [0.1, 0.15) is 47.7 Å². The van der Waals surface area contributed by atoms with Gasteiger partial charge in [0.25, 0.3) is 5.89 Å². The third kappa shape index (κ3) is 2.73. The number of nitrogens with one attached hydrogen (secondary N) is 1. The molecular formula is C21H21N3O2. The van der Waals surface area contributed by atoms with Crippen molar-refractivity contribution in [3.63, 3.8) is 0 Å². The van der Waals surface area contributed by atoms with Crippen molar-refractivity contribution in [2.24, 2.45) is 0 Å². The van der Waals surface area contributed by atoms with Crippen LogP contribution in [0.3, 0.4) is 0 Å². The van der Waals surface area contributed by atoms with E-state index >= 15 is 0 Å². The van der Waals surface area contributed by atoms with Crippen LogP contribution in [0.15, 0.2) is 65.2 Å². The van der Waals surface area contributed by atoms with Gasteiger partial charge in [-0.3, -0.25) is 0 Å². The van der Waals surface area contributed by atoms with Crippen LogP contribution >= 0.6 is 0 Å². The standard InChI is InChI=1S/C21H21N3O2/c1-3-7-15(8-4-1)18(16-9-5-2-6-10-16)19-23-20(26-24-19)17-11-12-21(25-17)13-22-14-21/h1-10,17-18,22H,11-14H2. The van der Waals surface area contributed by atoms with Gasteiger partial charge in [0.1, 0.15) is 6.10 Å². The quantitative estimate of drug-likeness (QED) is 0.783. The highest BCUT2D eigenvalue weighted by atomic mass is 16.5. The number of nitrogens with zero attached hydrogens (tertiary/aromatic N) is 2. The Morgan fingerprint density at radius 2 is 1.62 bits per heavy atom. The first kappa shape index (κ1) is 15.7. The monoisotopic (exact) mass is 347 g/mol. The molecule has 2 saturated heterocycles. The Kier molecular flexibility index (Phi) is 3.84. The van der Waals surface area contributed by atoms with E-state index in [0.29, 0.717) is 11.7 Å². The molecule has 1 aromatic heterocycles. The Bertz CT molecular complexity index is 835. The third-order valence-electron chi connectivity index (χ3n) is 5.41. The molecule has 2 aliphatic rings. The number of hydrogen-bond donors (Lipinski definition) is 1. The van der Waals surface area contributed by atoms with Crippen LogP contribution in [0.4, 0.5) is 0 Å². The molecule has 0 radical (unpaired) electrons. The highest BCUT2D eigenvalue weighted by Gasteiger charge is 2.47. The molecule has 1 spiro atoms. The van der Waals surface area contributed by atoms with E-state index in [1.165, 1.54) is 0 Å². The van der Waals surface area contributed by atoms with E-state index in [0.717, 1.165) is 37.1 Å². The van der Waals surface area contributed by atoms with Gasteiger partial charge in [0.05, 0.1) is 11.5 Å². The molecule has 2 aromatic carbocycles. The van der Waals surface area contributed by atoms with Crippen molar-refractivity contribution in [3.05, 3.63) is 83.5 Å². The van der Waals surface area contributed by atoms with Gasteiger partial charge in [-0.25, -0.2) is 0 Å². The normalized spacial score (nSPS) is 21.2. The van der Waals surface area contributed by atoms with Gasteiger partial charge in [-0.2, -0.15) is 4.98 Å². The zero-order valence-corrected chi connectivity index (χ0v) is 14.5. The van der Waals surface area contributed by atoms with Crippen molar-refractivity contribution in [2.45, 2.75) is 30.5 Å². The Morgan fingerprint density at radius 3 is 2.15 bits per heavy atom. The smallest absolute Gasteiger partial charge is 0.255 e. The first-order valence-electron chi connectivity index (χ1n) is 9.15. The third-order valence-corrected chi connectivity index (χ3v) is 5.41. The topological polar surface area (TPSA) is 60.2 Å². The summed E-state index contributed by atoms with van der Waals surface area (Å²) < 4.78 is 11.8. The van der Waals surface area contributed by atoms with E-state index in [1.807, 2.05) is 36.4 Å². The minimum Gasteiger partial charge on any atom is -0.359 e. The molecular weight excluding hydrogens is 326 g/mol. The molecule has 132 valence electrons. The van der Waals surface area contributed by atoms with E-state index in [1.54, 1.807) is 0 Å². The summed E-state index contributed by atoms with van der Waals surface area (Å²) in [6, 6.07) is 20.6. The van der Waals surface area contributed by atoms with E-state index < -0.39 is 0 Å². The predicted molar refractivity (Wildman–Crippen MR) is 96.8 cm³/mol. The number of benzene rings is 2. The van der Waals surface area contributed by atoms with Crippen molar-refractivity contribution in [2.75, 3.05) is 13.1 Å². The Morgan fingerprint density at radius 1 is 0.962 bits per heavy atom. The van der Waals surface area contributed by atoms with Crippen LogP contribution in [-0.2, 0) is 4.74 Å². The second-order valence-corrected chi connectivity index (χ2v) is 7.18. The highest BCUT2D eigenvalue weighted by Crippen LogP contribution is 2.41. The lowest BCUT2D eigenvalue weighted by Gasteiger charge is -2.38. The Hall–Kier alpha value is -2.50. The fraction of sp³-hybridized carbons (Fsp3) is 0.333. The number of hydrogen-bond acceptors (Lipinski definition) is 5. The molecule has 5 rings (SSSR count). The van der Waals surface area contributed by atoms with Gasteiger partial charge in [0, 0.05) is 13.1 Å². The summed E-state index contributed by atoms with van der Waals surface area (Å²) in [5.74, 6) is 1.24. The van der Waals surface area contributed by atoms with Crippen molar-refractivity contribution in [1.82, 2.24) is 15.5 Å². The van der Waals surface area contributed by atoms with Crippen molar-refractivity contribution in [3.8, 4) is 0 Å². The van der Waals surface area contributed by atoms with E-state index in [4.69, 9.17) is 14.2 Å². The molecule has 3 heterocycles. The number of rotatable bonds is 4. The van der Waals surface area contributed by atoms with Gasteiger partial charge in [-0.05, 0) is 24.0 Å². The molecule has 0 aliphatic carbocycles. The molecule has 1 atom stereocenters. The molecule has 3 aromatic rings. The van der Waals surface area contributed by atoms with Gasteiger partial charge in [-0.15, -0.1) is 0 Å². The average molecular weight is 347 g/mol. The first-order chi connectivity index (χ1) is 12.8. The second kappa shape index (κ2) is 6.34. The summed E-state index contributed by atoms with van der Waals surface area (Å²) in [5.41, 5.74) is 2.29. The summed E-state index contributed by atoms with van der Waals surface area (Å²) in [5, 5.41) is 7.61. The molecule has 5 heteroatoms. The largest absolute Gasteiger partial charge is 0.359 e. The molecule has 0 bridgehead atoms. The summed E-state index contributed by atoms with van der Waals surface area (Å²) in [6.07, 6.45) is 1.89. The maximum absolute atomic E-state index is 6.22. The zero-order chi connectivity index (χ0) is 17.4. The molecule has 1 N–H and O–H groups in total. The van der Waals surface area contributed by atoms with Gasteiger partial charge in [0.15, 0.2) is 5.82 Å². The Balaban J connectivity index is 1.47. The molecule has 2 aliphatic heterocycles. The molecule has 1 unspecified atom stereocenters. The second-order valence-electron chi connectivity index (χ2n) is 7.18. The van der Waals surface area contributed by atoms with Crippen LogP contribution in [0.25, 0.3) is 0 Å². The van der Waals surface area contributed by atoms with Gasteiger partial charge in [0.2, 0.25) is 0 Å². The molecule has 2 fully saturated rings. The van der Waals surface area contributed by atoms with Gasteiger partial charge >= 0.3 is 0 Å². The van der Waals surface area contributed by atoms with E-state index in [2.05, 4.69) is 34.7 Å². The minimum absolute atomic E-state index is 0.0163. The lowest BCUT2D eigenvalue weighted by molar-refractivity contribution is -0.0829. The first-order valence-corrected chi connectivity index (χ1v) is 9.15. The summed E-state index contributed by atoms with van der Waals surface area (Å²) in [7, 11) is 0. The number of ether oxygens (including phenoxy) is 1. The minimum atomic E-state index is -0.0921. The average Bonchev–Trinajstić information content (AvgIpc) is 3.31. The lowest BCUT2D eigenvalue weighted by atomic mass is 9.91. The zero-order valence-electron chi connectivity index (χ0n) is 14.5. The van der Waals surface area contributed by atoms with Crippen LogP contribution in [0.2, 0.25) is 0 Å². The van der Waals surface area contributed by atoms with Crippen LogP contribution in [-0.4, -0.2) is 28.8 Å². The summed E-state index contributed by atoms with van der Waals surface area (Å²) in [4.78, 5) is 4.75. The van der Waals surface area contributed by atoms with Crippen molar-refractivity contribution >= 4 is 0 Å². The molecule has 5 nitrogen and oxygen atoms in total. The van der Waals surface area contributed by atoms with Crippen LogP contribution in [0.5, 0.6) is 0 Å². The van der Waals surface area contributed by atoms with Gasteiger partial charge < -0.3 is 14.6 Å². The maximum Gasteiger partial charge on any atom is 0.255 e. The van der Waals surface area contributed by atoms with Crippen LogP contribution < -0.4 is 5.32 Å². The van der Waals surface area contributed by atoms with Gasteiger partial charge in [-0.1, -0.05) is 65.8 Å². The van der Waals surface area contributed by atoms with Crippen LogP contribution in [0, 0.1) is 0 Å². The fourth-order valence-corrected chi connectivity index (χ4v) is 3.93. The highest BCUT2D eigenvalue weighted by molar-refractivity contribution is 5.37. The molecule has 0 amide bonds. The SMILES string of the molecule is c1ccc(C(c2ccccc2)c2noc(C3CCC4(CNC4)O3)n2)cc1. The van der Waals surface area contributed by atoms with E-state index in [9.17, 15) is 0 Å². The predicted octanol–water partition coefficient (Wildman–Crippen LogP) is 3.44. The maximum atomic E-state index is 6.22. The summed E-state index contributed by atoms with van der Waals surface area (Å²) in [6.45, 7) is 1.84. The van der Waals surface area contributed by atoms with Crippen molar-refractivity contribution in [1.29, 1.82) is 0 Å².